The fourth-order valence-electron chi connectivity index (χ4n) is 0.913. The summed E-state index contributed by atoms with van der Waals surface area (Å²) < 4.78 is 0. The van der Waals surface area contributed by atoms with Crippen molar-refractivity contribution in [2.24, 2.45) is 5.73 Å². The molecule has 1 rings (SSSR count). The Morgan fingerprint density at radius 1 is 1.64 bits per heavy atom. The Morgan fingerprint density at radius 2 is 2.45 bits per heavy atom. The molecule has 0 unspecified atom stereocenters. The van der Waals surface area contributed by atoms with Gasteiger partial charge in [-0.3, -0.25) is 4.98 Å². The van der Waals surface area contributed by atoms with Crippen molar-refractivity contribution in [3.05, 3.63) is 29.6 Å². The van der Waals surface area contributed by atoms with Crippen LogP contribution >= 0.6 is 0 Å². The summed E-state index contributed by atoms with van der Waals surface area (Å²) in [5.41, 5.74) is 7.42. The molecule has 3 N–H and O–H groups in total. The second-order valence-corrected chi connectivity index (χ2v) is 2.19. The van der Waals surface area contributed by atoms with Gasteiger partial charge in [0.25, 0.3) is 0 Å². The monoisotopic (exact) mass is 147 g/mol. The predicted octanol–water partition coefficient (Wildman–Crippen LogP) is -0.287. The first-order chi connectivity index (χ1) is 5.38. The quantitative estimate of drug-likeness (QED) is 0.577. The molecular formula is C7H10BN3. The van der Waals surface area contributed by atoms with E-state index >= 15 is 0 Å². The van der Waals surface area contributed by atoms with Crippen LogP contribution in [0.15, 0.2) is 18.3 Å². The average Bonchev–Trinajstić information content (AvgIpc) is 2.06. The van der Waals surface area contributed by atoms with E-state index in [0.717, 1.165) is 11.3 Å². The summed E-state index contributed by atoms with van der Waals surface area (Å²) in [5, 5.41) is 2.54. The van der Waals surface area contributed by atoms with Crippen LogP contribution in [0.3, 0.4) is 0 Å². The number of rotatable bonds is 3. The number of hydrogen-bond acceptors (Lipinski definition) is 3. The van der Waals surface area contributed by atoms with E-state index in [9.17, 15) is 0 Å². The minimum atomic E-state index is 0.505. The van der Waals surface area contributed by atoms with E-state index in [-0.39, 0.29) is 0 Å². The highest BCUT2D eigenvalue weighted by atomic mass is 14.8. The smallest absolute Gasteiger partial charge is 0.178 e. The van der Waals surface area contributed by atoms with Crippen molar-refractivity contribution >= 4 is 7.98 Å². The summed E-state index contributed by atoms with van der Waals surface area (Å²) in [5.74, 6) is 0. The third kappa shape index (κ3) is 2.03. The first-order valence-electron chi connectivity index (χ1n) is 3.44. The summed E-state index contributed by atoms with van der Waals surface area (Å²) in [4.78, 5) is 4.12. The van der Waals surface area contributed by atoms with Crippen LogP contribution in [0.25, 0.3) is 0 Å². The summed E-state index contributed by atoms with van der Waals surface area (Å²) in [6.07, 6.45) is 1.73. The Morgan fingerprint density at radius 3 is 3.09 bits per heavy atom. The van der Waals surface area contributed by atoms with Gasteiger partial charge < -0.3 is 11.0 Å². The summed E-state index contributed by atoms with van der Waals surface area (Å²) >= 11 is 0. The third-order valence-electron chi connectivity index (χ3n) is 1.47. The third-order valence-corrected chi connectivity index (χ3v) is 1.47. The topological polar surface area (TPSA) is 50.9 Å². The zero-order chi connectivity index (χ0) is 8.10. The van der Waals surface area contributed by atoms with Crippen molar-refractivity contribution in [3.8, 4) is 0 Å². The highest BCUT2D eigenvalue weighted by Gasteiger charge is 1.97. The first-order valence-corrected chi connectivity index (χ1v) is 3.44. The Kier molecular flexibility index (Phi) is 3.07. The molecule has 0 aliphatic heterocycles. The molecule has 0 aliphatic rings. The summed E-state index contributed by atoms with van der Waals surface area (Å²) in [6, 6.07) is 3.81. The van der Waals surface area contributed by atoms with Crippen molar-refractivity contribution in [2.75, 3.05) is 0 Å². The second-order valence-electron chi connectivity index (χ2n) is 2.19. The van der Waals surface area contributed by atoms with Crippen molar-refractivity contribution in [1.29, 1.82) is 0 Å². The number of nitrogens with one attached hydrogen (secondary N) is 1. The molecule has 0 aromatic carbocycles. The Bertz CT molecular complexity index is 227. The minimum Gasteiger partial charge on any atom is -0.361 e. The van der Waals surface area contributed by atoms with E-state index in [1.165, 1.54) is 0 Å². The highest BCUT2D eigenvalue weighted by molar-refractivity contribution is 6.04. The van der Waals surface area contributed by atoms with Gasteiger partial charge in [-0.15, -0.1) is 0 Å². The molecule has 0 atom stereocenters. The molecule has 1 heterocycles. The standard InChI is InChI=1S/C7H10BN3/c8-11-5-7-6(4-9)2-1-3-10-7/h1-3,11H,4-5,9H2. The number of hydrogen-bond donors (Lipinski definition) is 2. The number of nitrogens with two attached hydrogens (primary N) is 1. The van der Waals surface area contributed by atoms with Gasteiger partial charge >= 0.3 is 0 Å². The van der Waals surface area contributed by atoms with Gasteiger partial charge in [0.15, 0.2) is 7.98 Å². The maximum atomic E-state index is 5.47. The van der Waals surface area contributed by atoms with E-state index in [1.807, 2.05) is 12.1 Å². The largest absolute Gasteiger partial charge is 0.361 e. The maximum absolute atomic E-state index is 5.47. The number of aromatic nitrogens is 1. The molecule has 2 radical (unpaired) electrons. The fourth-order valence-corrected chi connectivity index (χ4v) is 0.913. The Balaban J connectivity index is 2.83. The lowest BCUT2D eigenvalue weighted by atomic mass is 10.2. The minimum absolute atomic E-state index is 0.505. The molecule has 4 heteroatoms. The van der Waals surface area contributed by atoms with Crippen LogP contribution in [0.1, 0.15) is 11.3 Å². The van der Waals surface area contributed by atoms with Crippen LogP contribution in [-0.4, -0.2) is 13.0 Å². The number of pyridine rings is 1. The normalized spacial score (nSPS) is 9.91. The summed E-state index contributed by atoms with van der Waals surface area (Å²) in [6.45, 7) is 1.07. The van der Waals surface area contributed by atoms with Gasteiger partial charge in [0.1, 0.15) is 0 Å². The lowest BCUT2D eigenvalue weighted by molar-refractivity contribution is 0.869. The van der Waals surface area contributed by atoms with Crippen molar-refractivity contribution in [2.45, 2.75) is 13.1 Å². The molecular weight excluding hydrogens is 137 g/mol. The molecule has 0 amide bonds. The van der Waals surface area contributed by atoms with E-state index in [2.05, 4.69) is 10.2 Å². The molecule has 11 heavy (non-hydrogen) atoms. The SMILES string of the molecule is [B]NCc1ncccc1CN. The average molecular weight is 147 g/mol. The van der Waals surface area contributed by atoms with Gasteiger partial charge in [-0.05, 0) is 11.6 Å². The molecule has 0 aliphatic carbocycles. The molecule has 0 fully saturated rings. The van der Waals surface area contributed by atoms with E-state index < -0.39 is 0 Å². The van der Waals surface area contributed by atoms with Crippen LogP contribution < -0.4 is 11.0 Å². The zero-order valence-electron chi connectivity index (χ0n) is 6.25. The van der Waals surface area contributed by atoms with Gasteiger partial charge in [0.2, 0.25) is 0 Å². The van der Waals surface area contributed by atoms with E-state index in [4.69, 9.17) is 13.7 Å². The van der Waals surface area contributed by atoms with Crippen LogP contribution in [-0.2, 0) is 13.1 Å². The Hall–Kier alpha value is -0.865. The van der Waals surface area contributed by atoms with Crippen LogP contribution in [0.5, 0.6) is 0 Å². The lowest BCUT2D eigenvalue weighted by Crippen LogP contribution is -2.12. The summed E-state index contributed by atoms with van der Waals surface area (Å²) in [7, 11) is 5.15. The molecule has 1 aromatic rings. The van der Waals surface area contributed by atoms with Crippen LogP contribution in [0.4, 0.5) is 0 Å². The molecule has 56 valence electrons. The van der Waals surface area contributed by atoms with Gasteiger partial charge in [-0.25, -0.2) is 0 Å². The second kappa shape index (κ2) is 4.11. The maximum Gasteiger partial charge on any atom is 0.178 e. The molecule has 1 aromatic heterocycles. The van der Waals surface area contributed by atoms with Crippen molar-refractivity contribution < 1.29 is 0 Å². The molecule has 0 spiro atoms. The van der Waals surface area contributed by atoms with Gasteiger partial charge in [-0.2, -0.15) is 0 Å². The fraction of sp³-hybridized carbons (Fsp3) is 0.286. The zero-order valence-corrected chi connectivity index (χ0v) is 6.25. The predicted molar refractivity (Wildman–Crippen MR) is 44.7 cm³/mol. The van der Waals surface area contributed by atoms with Crippen LogP contribution in [0, 0.1) is 0 Å². The van der Waals surface area contributed by atoms with Gasteiger partial charge in [0, 0.05) is 19.3 Å². The van der Waals surface area contributed by atoms with E-state index in [1.54, 1.807) is 6.20 Å². The molecule has 0 saturated carbocycles. The van der Waals surface area contributed by atoms with Crippen molar-refractivity contribution in [3.63, 3.8) is 0 Å². The van der Waals surface area contributed by atoms with Gasteiger partial charge in [0.05, 0.1) is 5.69 Å². The number of nitrogens with zero attached hydrogens (tertiary/aromatic N) is 1. The molecule has 0 bridgehead atoms. The Labute approximate surface area is 67.4 Å². The molecule has 0 saturated heterocycles. The first kappa shape index (κ1) is 8.23. The highest BCUT2D eigenvalue weighted by Crippen LogP contribution is 2.02. The van der Waals surface area contributed by atoms with Gasteiger partial charge in [-0.1, -0.05) is 6.07 Å². The van der Waals surface area contributed by atoms with Crippen molar-refractivity contribution in [1.82, 2.24) is 10.2 Å². The van der Waals surface area contributed by atoms with E-state index in [0.29, 0.717) is 13.1 Å². The lowest BCUT2D eigenvalue weighted by Gasteiger charge is -2.04. The van der Waals surface area contributed by atoms with Crippen LogP contribution in [0.2, 0.25) is 0 Å². The molecule has 3 nitrogen and oxygen atoms in total.